The summed E-state index contributed by atoms with van der Waals surface area (Å²) in [5.41, 5.74) is -0.117. The van der Waals surface area contributed by atoms with Crippen molar-refractivity contribution >= 4 is 17.5 Å². The van der Waals surface area contributed by atoms with Gasteiger partial charge in [-0.05, 0) is 38.1 Å². The van der Waals surface area contributed by atoms with Crippen molar-refractivity contribution in [3.8, 4) is 5.75 Å². The Balaban J connectivity index is 1.95. The van der Waals surface area contributed by atoms with E-state index in [9.17, 15) is 4.79 Å². The minimum absolute atomic E-state index is 0.101. The Kier molecular flexibility index (Phi) is 5.55. The minimum atomic E-state index is -0.967. The van der Waals surface area contributed by atoms with Crippen LogP contribution < -0.4 is 4.74 Å². The first kappa shape index (κ1) is 17.2. The van der Waals surface area contributed by atoms with E-state index in [4.69, 9.17) is 16.3 Å². The van der Waals surface area contributed by atoms with Gasteiger partial charge in [-0.3, -0.25) is 14.8 Å². The first-order chi connectivity index (χ1) is 10.9. The fourth-order valence-electron chi connectivity index (χ4n) is 2.14. The second kappa shape index (κ2) is 7.42. The molecule has 0 aliphatic carbocycles. The molecule has 0 atom stereocenters. The Morgan fingerprint density at radius 3 is 2.57 bits per heavy atom. The molecule has 2 aromatic rings. The van der Waals surface area contributed by atoms with Crippen LogP contribution in [0.3, 0.4) is 0 Å². The zero-order chi connectivity index (χ0) is 16.9. The summed E-state index contributed by atoms with van der Waals surface area (Å²) in [6.45, 7) is 4.05. The van der Waals surface area contributed by atoms with Gasteiger partial charge in [-0.1, -0.05) is 11.6 Å². The molecule has 0 N–H and O–H groups in total. The largest absolute Gasteiger partial charge is 0.478 e. The van der Waals surface area contributed by atoms with Crippen LogP contribution in [0.25, 0.3) is 0 Å². The lowest BCUT2D eigenvalue weighted by Gasteiger charge is -2.30. The molecule has 0 radical (unpaired) electrons. The topological polar surface area (TPSA) is 55.3 Å². The number of carbonyl (C=O) groups is 1. The number of ether oxygens (including phenoxy) is 1. The molecule has 5 nitrogen and oxygen atoms in total. The summed E-state index contributed by atoms with van der Waals surface area (Å²) in [5.74, 6) is 0.506. The molecule has 1 aromatic carbocycles. The molecule has 0 spiro atoms. The molecule has 0 bridgehead atoms. The molecular weight excluding hydrogens is 314 g/mol. The molecule has 6 heteroatoms. The third-order valence-corrected chi connectivity index (χ3v) is 3.62. The Labute approximate surface area is 141 Å². The van der Waals surface area contributed by atoms with Crippen LogP contribution in [0, 0.1) is 0 Å². The smallest absolute Gasteiger partial charge is 0.265 e. The van der Waals surface area contributed by atoms with Gasteiger partial charge in [-0.15, -0.1) is 0 Å². The van der Waals surface area contributed by atoms with Gasteiger partial charge < -0.3 is 9.64 Å². The molecule has 122 valence electrons. The number of benzene rings is 1. The van der Waals surface area contributed by atoms with E-state index in [1.165, 1.54) is 0 Å². The van der Waals surface area contributed by atoms with Gasteiger partial charge in [0.25, 0.3) is 5.91 Å². The predicted molar refractivity (Wildman–Crippen MR) is 89.5 cm³/mol. The van der Waals surface area contributed by atoms with Crippen LogP contribution in [-0.2, 0) is 11.2 Å². The Morgan fingerprint density at radius 1 is 1.26 bits per heavy atom. The highest BCUT2D eigenvalue weighted by Gasteiger charge is 2.32. The van der Waals surface area contributed by atoms with Gasteiger partial charge in [0.1, 0.15) is 5.75 Å². The van der Waals surface area contributed by atoms with Crippen molar-refractivity contribution in [2.45, 2.75) is 25.9 Å². The van der Waals surface area contributed by atoms with Crippen LogP contribution >= 0.6 is 11.6 Å². The Bertz CT molecular complexity index is 645. The Morgan fingerprint density at radius 2 is 1.96 bits per heavy atom. The molecule has 1 heterocycles. The number of rotatable bonds is 6. The first-order valence-corrected chi connectivity index (χ1v) is 7.71. The van der Waals surface area contributed by atoms with Crippen molar-refractivity contribution in [1.29, 1.82) is 0 Å². The van der Waals surface area contributed by atoms with Crippen molar-refractivity contribution in [3.63, 3.8) is 0 Å². The van der Waals surface area contributed by atoms with Crippen molar-refractivity contribution in [3.05, 3.63) is 53.6 Å². The number of hydrogen-bond acceptors (Lipinski definition) is 4. The second-order valence-corrected chi connectivity index (χ2v) is 6.18. The zero-order valence-corrected chi connectivity index (χ0v) is 14.2. The van der Waals surface area contributed by atoms with Crippen LogP contribution in [0.4, 0.5) is 0 Å². The summed E-state index contributed by atoms with van der Waals surface area (Å²) in [7, 11) is 1.76. The summed E-state index contributed by atoms with van der Waals surface area (Å²) in [5, 5.41) is 0.627. The molecular formula is C17H20ClN3O2. The summed E-state index contributed by atoms with van der Waals surface area (Å²) >= 11 is 5.85. The first-order valence-electron chi connectivity index (χ1n) is 7.33. The van der Waals surface area contributed by atoms with Gasteiger partial charge in [0.2, 0.25) is 0 Å². The number of nitrogens with zero attached hydrogens (tertiary/aromatic N) is 3. The molecule has 1 amide bonds. The van der Waals surface area contributed by atoms with Gasteiger partial charge in [0.15, 0.2) is 5.60 Å². The monoisotopic (exact) mass is 333 g/mol. The maximum absolute atomic E-state index is 12.6. The van der Waals surface area contributed by atoms with Crippen LogP contribution in [0.2, 0.25) is 5.02 Å². The van der Waals surface area contributed by atoms with Crippen LogP contribution in [-0.4, -0.2) is 40.0 Å². The van der Waals surface area contributed by atoms with Crippen molar-refractivity contribution < 1.29 is 9.53 Å². The Hall–Kier alpha value is -2.14. The summed E-state index contributed by atoms with van der Waals surface area (Å²) in [6, 6.07) is 6.96. The third kappa shape index (κ3) is 4.93. The molecule has 0 aliphatic heterocycles. The SMILES string of the molecule is CN(CCc1cnccn1)C(=O)C(C)(C)Oc1ccc(Cl)cc1. The molecule has 0 unspecified atom stereocenters. The number of aromatic nitrogens is 2. The van der Waals surface area contributed by atoms with E-state index in [2.05, 4.69) is 9.97 Å². The van der Waals surface area contributed by atoms with Gasteiger partial charge in [-0.2, -0.15) is 0 Å². The fourth-order valence-corrected chi connectivity index (χ4v) is 2.27. The van der Waals surface area contributed by atoms with E-state index >= 15 is 0 Å². The minimum Gasteiger partial charge on any atom is -0.478 e. The summed E-state index contributed by atoms with van der Waals surface area (Å²) in [4.78, 5) is 22.5. The van der Waals surface area contributed by atoms with E-state index in [1.807, 2.05) is 0 Å². The van der Waals surface area contributed by atoms with E-state index in [1.54, 1.807) is 68.7 Å². The number of amides is 1. The zero-order valence-electron chi connectivity index (χ0n) is 13.5. The highest BCUT2D eigenvalue weighted by atomic mass is 35.5. The molecule has 0 saturated heterocycles. The van der Waals surface area contributed by atoms with E-state index in [0.717, 1.165) is 5.69 Å². The standard InChI is InChI=1S/C17H20ClN3O2/c1-17(2,23-15-6-4-13(18)5-7-15)16(22)21(3)11-8-14-12-19-9-10-20-14/h4-7,9-10,12H,8,11H2,1-3H3. The molecule has 2 rings (SSSR count). The molecule has 0 fully saturated rings. The van der Waals surface area contributed by atoms with Gasteiger partial charge >= 0.3 is 0 Å². The number of likely N-dealkylation sites (N-methyl/N-ethyl adjacent to an activating group) is 1. The highest BCUT2D eigenvalue weighted by Crippen LogP contribution is 2.22. The number of hydrogen-bond donors (Lipinski definition) is 0. The second-order valence-electron chi connectivity index (χ2n) is 5.74. The average Bonchev–Trinajstić information content (AvgIpc) is 2.55. The lowest BCUT2D eigenvalue weighted by molar-refractivity contribution is -0.144. The molecule has 0 aliphatic rings. The lowest BCUT2D eigenvalue weighted by atomic mass is 10.1. The van der Waals surface area contributed by atoms with Crippen LogP contribution in [0.5, 0.6) is 5.75 Å². The maximum Gasteiger partial charge on any atom is 0.265 e. The molecule has 0 saturated carbocycles. The van der Waals surface area contributed by atoms with Gasteiger partial charge in [0, 0.05) is 43.6 Å². The van der Waals surface area contributed by atoms with Crippen molar-refractivity contribution in [2.24, 2.45) is 0 Å². The normalized spacial score (nSPS) is 11.1. The van der Waals surface area contributed by atoms with E-state index in [-0.39, 0.29) is 5.91 Å². The molecule has 23 heavy (non-hydrogen) atoms. The summed E-state index contributed by atoms with van der Waals surface area (Å²) < 4.78 is 5.81. The maximum atomic E-state index is 12.6. The molecule has 1 aromatic heterocycles. The van der Waals surface area contributed by atoms with Crippen molar-refractivity contribution in [1.82, 2.24) is 14.9 Å². The fraction of sp³-hybridized carbons (Fsp3) is 0.353. The van der Waals surface area contributed by atoms with Crippen LogP contribution in [0.15, 0.2) is 42.9 Å². The van der Waals surface area contributed by atoms with Crippen molar-refractivity contribution in [2.75, 3.05) is 13.6 Å². The predicted octanol–water partition coefficient (Wildman–Crippen LogP) is 2.99. The van der Waals surface area contributed by atoms with E-state index in [0.29, 0.717) is 23.7 Å². The van der Waals surface area contributed by atoms with E-state index < -0.39 is 5.60 Å². The van der Waals surface area contributed by atoms with Gasteiger partial charge in [-0.25, -0.2) is 0 Å². The lowest BCUT2D eigenvalue weighted by Crippen LogP contribution is -2.47. The number of carbonyl (C=O) groups excluding carboxylic acids is 1. The summed E-state index contributed by atoms with van der Waals surface area (Å²) in [6.07, 6.45) is 5.62. The number of halogens is 1. The highest BCUT2D eigenvalue weighted by molar-refractivity contribution is 6.30. The average molecular weight is 334 g/mol. The third-order valence-electron chi connectivity index (χ3n) is 3.37. The van der Waals surface area contributed by atoms with Crippen LogP contribution in [0.1, 0.15) is 19.5 Å². The van der Waals surface area contributed by atoms with Gasteiger partial charge in [0.05, 0.1) is 5.69 Å². The quantitative estimate of drug-likeness (QED) is 0.815.